The quantitative estimate of drug-likeness (QED) is 0.783. The molecule has 0 aromatic heterocycles. The van der Waals surface area contributed by atoms with Gasteiger partial charge in [0.15, 0.2) is 0 Å². The number of halogens is 3. The second-order valence-electron chi connectivity index (χ2n) is 7.24. The van der Waals surface area contributed by atoms with E-state index in [4.69, 9.17) is 9.47 Å². The first-order valence-electron chi connectivity index (χ1n) is 8.33. The molecule has 1 aromatic carbocycles. The van der Waals surface area contributed by atoms with Crippen molar-refractivity contribution >= 4 is 6.09 Å². The third-order valence-electron chi connectivity index (χ3n) is 3.84. The summed E-state index contributed by atoms with van der Waals surface area (Å²) in [6.07, 6.45) is -3.28. The second kappa shape index (κ2) is 7.54. The Labute approximate surface area is 145 Å². The minimum atomic E-state index is -4.45. The maximum Gasteiger partial charge on any atom is 0.419 e. The Hall–Kier alpha value is -1.92. The Kier molecular flexibility index (Phi) is 5.85. The third kappa shape index (κ3) is 5.83. The van der Waals surface area contributed by atoms with Crippen molar-refractivity contribution in [3.8, 4) is 5.75 Å². The lowest BCUT2D eigenvalue weighted by molar-refractivity contribution is -0.139. The van der Waals surface area contributed by atoms with Crippen LogP contribution in [0.15, 0.2) is 24.3 Å². The van der Waals surface area contributed by atoms with E-state index < -0.39 is 23.4 Å². The summed E-state index contributed by atoms with van der Waals surface area (Å²) < 4.78 is 49.8. The summed E-state index contributed by atoms with van der Waals surface area (Å²) in [5, 5.41) is 0. The van der Waals surface area contributed by atoms with E-state index in [1.807, 2.05) is 0 Å². The van der Waals surface area contributed by atoms with Crippen molar-refractivity contribution in [2.24, 2.45) is 5.92 Å². The summed E-state index contributed by atoms with van der Waals surface area (Å²) >= 11 is 0. The second-order valence-corrected chi connectivity index (χ2v) is 7.24. The zero-order valence-electron chi connectivity index (χ0n) is 14.7. The van der Waals surface area contributed by atoms with Crippen LogP contribution in [0.1, 0.15) is 39.2 Å². The van der Waals surface area contributed by atoms with Gasteiger partial charge in [0.25, 0.3) is 0 Å². The van der Waals surface area contributed by atoms with Crippen LogP contribution in [-0.2, 0) is 10.9 Å². The number of alkyl halides is 3. The fourth-order valence-electron chi connectivity index (χ4n) is 2.73. The lowest BCUT2D eigenvalue weighted by Crippen LogP contribution is -2.44. The summed E-state index contributed by atoms with van der Waals surface area (Å²) in [4.78, 5) is 13.7. The molecule has 0 spiro atoms. The predicted molar refractivity (Wildman–Crippen MR) is 87.5 cm³/mol. The van der Waals surface area contributed by atoms with Crippen molar-refractivity contribution in [3.63, 3.8) is 0 Å². The molecule has 140 valence electrons. The Morgan fingerprint density at radius 3 is 2.56 bits per heavy atom. The third-order valence-corrected chi connectivity index (χ3v) is 3.84. The van der Waals surface area contributed by atoms with E-state index in [1.54, 1.807) is 25.7 Å². The largest absolute Gasteiger partial charge is 0.493 e. The van der Waals surface area contributed by atoms with Crippen LogP contribution in [0.3, 0.4) is 0 Å². The summed E-state index contributed by atoms with van der Waals surface area (Å²) in [5.41, 5.74) is -1.36. The van der Waals surface area contributed by atoms with Gasteiger partial charge in [0.05, 0.1) is 12.2 Å². The molecule has 1 aromatic rings. The molecule has 4 nitrogen and oxygen atoms in total. The van der Waals surface area contributed by atoms with Gasteiger partial charge >= 0.3 is 12.3 Å². The van der Waals surface area contributed by atoms with E-state index in [-0.39, 0.29) is 18.3 Å². The van der Waals surface area contributed by atoms with Crippen LogP contribution in [-0.4, -0.2) is 36.3 Å². The van der Waals surface area contributed by atoms with Crippen LogP contribution in [0.25, 0.3) is 0 Å². The van der Waals surface area contributed by atoms with E-state index in [0.717, 1.165) is 18.9 Å². The van der Waals surface area contributed by atoms with Crippen LogP contribution in [0.5, 0.6) is 5.75 Å². The first kappa shape index (κ1) is 19.4. The number of ether oxygens (including phenoxy) is 2. The molecule has 1 aliphatic rings. The SMILES string of the molecule is CC(C)(C)OC(=O)N1CCCC(COc2ccccc2C(F)(F)F)C1. The molecule has 1 amide bonds. The fourth-order valence-corrected chi connectivity index (χ4v) is 2.73. The maximum absolute atomic E-state index is 13.0. The van der Waals surface area contributed by atoms with Gasteiger partial charge in [-0.2, -0.15) is 13.2 Å². The number of hydrogen-bond acceptors (Lipinski definition) is 3. The number of benzene rings is 1. The molecule has 0 radical (unpaired) electrons. The molecule has 0 saturated carbocycles. The zero-order valence-corrected chi connectivity index (χ0v) is 14.7. The van der Waals surface area contributed by atoms with Crippen molar-refractivity contribution in [1.82, 2.24) is 4.90 Å². The van der Waals surface area contributed by atoms with Crippen LogP contribution >= 0.6 is 0 Å². The first-order valence-corrected chi connectivity index (χ1v) is 8.33. The molecule has 1 heterocycles. The molecular formula is C18H24F3NO3. The lowest BCUT2D eigenvalue weighted by atomic mass is 9.99. The standard InChI is InChI=1S/C18H24F3NO3/c1-17(2,3)25-16(23)22-10-6-7-13(11-22)12-24-15-9-5-4-8-14(15)18(19,20)21/h4-5,8-9,13H,6-7,10-12H2,1-3H3. The van der Waals surface area contributed by atoms with E-state index in [9.17, 15) is 18.0 Å². The highest BCUT2D eigenvalue weighted by atomic mass is 19.4. The molecule has 7 heteroatoms. The Bertz CT molecular complexity index is 596. The van der Waals surface area contributed by atoms with Crippen LogP contribution in [0.4, 0.5) is 18.0 Å². The van der Waals surface area contributed by atoms with Gasteiger partial charge in [0, 0.05) is 19.0 Å². The number of rotatable bonds is 3. The topological polar surface area (TPSA) is 38.8 Å². The van der Waals surface area contributed by atoms with Gasteiger partial charge in [0.2, 0.25) is 0 Å². The zero-order chi connectivity index (χ0) is 18.7. The van der Waals surface area contributed by atoms with Crippen LogP contribution in [0, 0.1) is 5.92 Å². The van der Waals surface area contributed by atoms with Crippen molar-refractivity contribution in [1.29, 1.82) is 0 Å². The number of para-hydroxylation sites is 1. The summed E-state index contributed by atoms with van der Waals surface area (Å²) in [6.45, 7) is 6.52. The summed E-state index contributed by atoms with van der Waals surface area (Å²) in [6, 6.07) is 5.17. The minimum absolute atomic E-state index is 0.0254. The molecule has 0 N–H and O–H groups in total. The highest BCUT2D eigenvalue weighted by molar-refractivity contribution is 5.68. The highest BCUT2D eigenvalue weighted by Crippen LogP contribution is 2.36. The van der Waals surface area contributed by atoms with Gasteiger partial charge in [-0.05, 0) is 45.7 Å². The van der Waals surface area contributed by atoms with Crippen molar-refractivity contribution < 1.29 is 27.4 Å². The molecule has 1 aliphatic heterocycles. The number of nitrogens with zero attached hydrogens (tertiary/aromatic N) is 1. The van der Waals surface area contributed by atoms with E-state index >= 15 is 0 Å². The monoisotopic (exact) mass is 359 g/mol. The molecule has 25 heavy (non-hydrogen) atoms. The number of amides is 1. The van der Waals surface area contributed by atoms with Crippen molar-refractivity contribution in [3.05, 3.63) is 29.8 Å². The molecule has 1 atom stereocenters. The molecule has 2 rings (SSSR count). The lowest BCUT2D eigenvalue weighted by Gasteiger charge is -2.34. The average Bonchev–Trinajstić information content (AvgIpc) is 2.51. The van der Waals surface area contributed by atoms with Gasteiger partial charge in [-0.25, -0.2) is 4.79 Å². The molecule has 0 aliphatic carbocycles. The van der Waals surface area contributed by atoms with Gasteiger partial charge < -0.3 is 14.4 Å². The summed E-state index contributed by atoms with van der Waals surface area (Å²) in [7, 11) is 0. The van der Waals surface area contributed by atoms with Crippen LogP contribution < -0.4 is 4.74 Å². The van der Waals surface area contributed by atoms with Gasteiger partial charge in [-0.3, -0.25) is 0 Å². The minimum Gasteiger partial charge on any atom is -0.493 e. The van der Waals surface area contributed by atoms with E-state index in [0.29, 0.717) is 13.1 Å². The Morgan fingerprint density at radius 1 is 1.24 bits per heavy atom. The van der Waals surface area contributed by atoms with E-state index in [1.165, 1.54) is 18.2 Å². The van der Waals surface area contributed by atoms with Gasteiger partial charge in [0.1, 0.15) is 11.4 Å². The Morgan fingerprint density at radius 2 is 1.92 bits per heavy atom. The fraction of sp³-hybridized carbons (Fsp3) is 0.611. The van der Waals surface area contributed by atoms with Crippen molar-refractivity contribution in [2.75, 3.05) is 19.7 Å². The average molecular weight is 359 g/mol. The Balaban J connectivity index is 1.95. The molecule has 0 bridgehead atoms. The first-order chi connectivity index (χ1) is 11.6. The number of likely N-dealkylation sites (tertiary alicyclic amines) is 1. The highest BCUT2D eigenvalue weighted by Gasteiger charge is 2.34. The summed E-state index contributed by atoms with van der Waals surface area (Å²) in [5.74, 6) is -0.202. The predicted octanol–water partition coefficient (Wildman–Crippen LogP) is 4.73. The smallest absolute Gasteiger partial charge is 0.419 e. The number of piperidine rings is 1. The maximum atomic E-state index is 13.0. The van der Waals surface area contributed by atoms with Gasteiger partial charge in [-0.15, -0.1) is 0 Å². The number of hydrogen-bond donors (Lipinski definition) is 0. The normalized spacial score (nSPS) is 18.8. The van der Waals surface area contributed by atoms with Crippen LogP contribution in [0.2, 0.25) is 0 Å². The molecule has 1 saturated heterocycles. The molecule has 1 fully saturated rings. The van der Waals surface area contributed by atoms with Crippen molar-refractivity contribution in [2.45, 2.75) is 45.4 Å². The van der Waals surface area contributed by atoms with Gasteiger partial charge in [-0.1, -0.05) is 12.1 Å². The van der Waals surface area contributed by atoms with E-state index in [2.05, 4.69) is 0 Å². The molecule has 1 unspecified atom stereocenters. The number of carbonyl (C=O) groups is 1. The molecular weight excluding hydrogens is 335 g/mol. The number of carbonyl (C=O) groups excluding carboxylic acids is 1.